The van der Waals surface area contributed by atoms with Gasteiger partial charge in [0.25, 0.3) is 0 Å². The Morgan fingerprint density at radius 2 is 2.24 bits per heavy atom. The highest BCUT2D eigenvalue weighted by atomic mass is 16.1. The molecule has 25 heavy (non-hydrogen) atoms. The Morgan fingerprint density at radius 3 is 3.12 bits per heavy atom. The minimum absolute atomic E-state index is 0.0630. The van der Waals surface area contributed by atoms with E-state index in [1.54, 1.807) is 6.20 Å². The number of carbonyl (C=O) groups excluding carboxylic acids is 1. The predicted molar refractivity (Wildman–Crippen MR) is 97.5 cm³/mol. The van der Waals surface area contributed by atoms with Crippen LogP contribution < -0.4 is 10.2 Å². The van der Waals surface area contributed by atoms with Crippen LogP contribution in [0.3, 0.4) is 0 Å². The van der Waals surface area contributed by atoms with Crippen molar-refractivity contribution in [1.29, 1.82) is 0 Å². The smallest absolute Gasteiger partial charge is 0.224 e. The van der Waals surface area contributed by atoms with Crippen LogP contribution in [-0.4, -0.2) is 40.2 Å². The van der Waals surface area contributed by atoms with Crippen LogP contribution in [0.5, 0.6) is 0 Å². The molecule has 1 aliphatic heterocycles. The van der Waals surface area contributed by atoms with Crippen LogP contribution in [0.1, 0.15) is 17.5 Å². The van der Waals surface area contributed by atoms with E-state index in [1.807, 2.05) is 37.5 Å². The van der Waals surface area contributed by atoms with Crippen molar-refractivity contribution in [2.24, 2.45) is 0 Å². The van der Waals surface area contributed by atoms with Crippen LogP contribution in [0, 0.1) is 6.92 Å². The minimum atomic E-state index is 0.0630. The van der Waals surface area contributed by atoms with E-state index in [4.69, 9.17) is 0 Å². The first-order chi connectivity index (χ1) is 12.2. The van der Waals surface area contributed by atoms with Crippen LogP contribution in [0.15, 0.2) is 42.9 Å². The summed E-state index contributed by atoms with van der Waals surface area (Å²) in [6.45, 7) is 3.81. The van der Waals surface area contributed by atoms with Crippen LogP contribution in [0.4, 0.5) is 5.69 Å². The molecule has 0 saturated carbocycles. The maximum Gasteiger partial charge on any atom is 0.224 e. The minimum Gasteiger partial charge on any atom is -0.368 e. The molecule has 0 radical (unpaired) electrons. The number of anilines is 1. The summed E-state index contributed by atoms with van der Waals surface area (Å²) in [5.74, 6) is 0.0630. The summed E-state index contributed by atoms with van der Waals surface area (Å²) >= 11 is 0. The van der Waals surface area contributed by atoms with Gasteiger partial charge in [-0.1, -0.05) is 12.1 Å². The number of aromatic nitrogens is 3. The number of amides is 1. The zero-order chi connectivity index (χ0) is 17.2. The number of aromatic amines is 1. The summed E-state index contributed by atoms with van der Waals surface area (Å²) in [5.41, 5.74) is 4.23. The lowest BCUT2D eigenvalue weighted by molar-refractivity contribution is -0.121. The van der Waals surface area contributed by atoms with E-state index in [2.05, 4.69) is 31.5 Å². The molecule has 1 atom stereocenters. The standard InChI is InChI=1S/C19H21N5O/c1-13-6-17(11-20-9-13)24-5-4-16(12-24)22-19(25)8-14-2-3-15-10-21-23-18(15)7-14/h2-3,6-7,9-11,16H,4-5,8,12H2,1H3,(H,21,23)(H,22,25)/t16-/m1/s1. The molecule has 1 saturated heterocycles. The number of aryl methyl sites for hydroxylation is 1. The van der Waals surface area contributed by atoms with Crippen molar-refractivity contribution in [2.75, 3.05) is 18.0 Å². The average Bonchev–Trinajstić information content (AvgIpc) is 3.23. The second-order valence-electron chi connectivity index (χ2n) is 6.69. The highest BCUT2D eigenvalue weighted by Crippen LogP contribution is 2.20. The number of hydrogen-bond acceptors (Lipinski definition) is 4. The van der Waals surface area contributed by atoms with Gasteiger partial charge in [-0.05, 0) is 36.6 Å². The van der Waals surface area contributed by atoms with Crippen molar-refractivity contribution in [3.8, 4) is 0 Å². The lowest BCUT2D eigenvalue weighted by Gasteiger charge is -2.19. The number of rotatable bonds is 4. The number of benzene rings is 1. The highest BCUT2D eigenvalue weighted by Gasteiger charge is 2.24. The van der Waals surface area contributed by atoms with E-state index in [0.29, 0.717) is 6.42 Å². The fraction of sp³-hybridized carbons (Fsp3) is 0.316. The van der Waals surface area contributed by atoms with Gasteiger partial charge in [0.1, 0.15) is 0 Å². The summed E-state index contributed by atoms with van der Waals surface area (Å²) in [4.78, 5) is 18.9. The lowest BCUT2D eigenvalue weighted by Crippen LogP contribution is -2.38. The maximum absolute atomic E-state index is 12.4. The molecule has 1 aromatic carbocycles. The SMILES string of the molecule is Cc1cncc(N2CC[C@@H](NC(=O)Cc3ccc4cn[nH]c4c3)C2)c1. The molecule has 6 nitrogen and oxygen atoms in total. The number of nitrogens with one attached hydrogen (secondary N) is 2. The molecule has 0 spiro atoms. The van der Waals surface area contributed by atoms with Crippen LogP contribution in [0.25, 0.3) is 10.9 Å². The molecule has 0 unspecified atom stereocenters. The quantitative estimate of drug-likeness (QED) is 0.767. The highest BCUT2D eigenvalue weighted by molar-refractivity contribution is 5.83. The molecule has 128 valence electrons. The van der Waals surface area contributed by atoms with Crippen molar-refractivity contribution in [3.63, 3.8) is 0 Å². The number of nitrogens with zero attached hydrogens (tertiary/aromatic N) is 3. The largest absolute Gasteiger partial charge is 0.368 e. The van der Waals surface area contributed by atoms with Crippen molar-refractivity contribution in [1.82, 2.24) is 20.5 Å². The predicted octanol–water partition coefficient (Wildman–Crippen LogP) is 2.20. The third-order valence-electron chi connectivity index (χ3n) is 4.65. The number of hydrogen-bond donors (Lipinski definition) is 2. The van der Waals surface area contributed by atoms with Crippen LogP contribution in [0.2, 0.25) is 0 Å². The maximum atomic E-state index is 12.4. The molecule has 1 aliphatic rings. The normalized spacial score (nSPS) is 17.2. The molecule has 2 aromatic heterocycles. The number of carbonyl (C=O) groups is 1. The third kappa shape index (κ3) is 3.47. The van der Waals surface area contributed by atoms with E-state index in [0.717, 1.165) is 47.2 Å². The molecule has 6 heteroatoms. The second-order valence-corrected chi connectivity index (χ2v) is 6.69. The Kier molecular flexibility index (Phi) is 4.09. The average molecular weight is 335 g/mol. The molecule has 3 aromatic rings. The fourth-order valence-corrected chi connectivity index (χ4v) is 3.38. The number of H-pyrrole nitrogens is 1. The van der Waals surface area contributed by atoms with Crippen molar-refractivity contribution in [2.45, 2.75) is 25.8 Å². The first kappa shape index (κ1) is 15.6. The van der Waals surface area contributed by atoms with Gasteiger partial charge in [0.15, 0.2) is 0 Å². The third-order valence-corrected chi connectivity index (χ3v) is 4.65. The van der Waals surface area contributed by atoms with Crippen molar-refractivity contribution in [3.05, 3.63) is 54.0 Å². The Labute approximate surface area is 146 Å². The Bertz CT molecular complexity index is 903. The van der Waals surface area contributed by atoms with Crippen molar-refractivity contribution >= 4 is 22.5 Å². The van der Waals surface area contributed by atoms with Gasteiger partial charge in [-0.3, -0.25) is 14.9 Å². The van der Waals surface area contributed by atoms with E-state index in [-0.39, 0.29) is 11.9 Å². The van der Waals surface area contributed by atoms with Gasteiger partial charge in [0.05, 0.1) is 30.0 Å². The van der Waals surface area contributed by atoms with Gasteiger partial charge in [0, 0.05) is 30.7 Å². The zero-order valence-corrected chi connectivity index (χ0v) is 14.2. The van der Waals surface area contributed by atoms with Crippen molar-refractivity contribution < 1.29 is 4.79 Å². The fourth-order valence-electron chi connectivity index (χ4n) is 3.38. The molecule has 0 aliphatic carbocycles. The van der Waals surface area contributed by atoms with Gasteiger partial charge < -0.3 is 10.2 Å². The van der Waals surface area contributed by atoms with E-state index < -0.39 is 0 Å². The summed E-state index contributed by atoms with van der Waals surface area (Å²) < 4.78 is 0. The van der Waals surface area contributed by atoms with Gasteiger partial charge >= 0.3 is 0 Å². The second kappa shape index (κ2) is 6.55. The summed E-state index contributed by atoms with van der Waals surface area (Å²) in [5, 5.41) is 11.2. The Morgan fingerprint density at radius 1 is 1.32 bits per heavy atom. The van der Waals surface area contributed by atoms with Crippen LogP contribution >= 0.6 is 0 Å². The monoisotopic (exact) mass is 335 g/mol. The zero-order valence-electron chi connectivity index (χ0n) is 14.2. The number of pyridine rings is 1. The van der Waals surface area contributed by atoms with Crippen LogP contribution in [-0.2, 0) is 11.2 Å². The molecule has 1 fully saturated rings. The number of fused-ring (bicyclic) bond motifs is 1. The molecular formula is C19H21N5O. The summed E-state index contributed by atoms with van der Waals surface area (Å²) in [6.07, 6.45) is 6.87. The topological polar surface area (TPSA) is 73.9 Å². The molecule has 4 rings (SSSR count). The van der Waals surface area contributed by atoms with E-state index in [9.17, 15) is 4.79 Å². The lowest BCUT2D eigenvalue weighted by atomic mass is 10.1. The molecule has 3 heterocycles. The molecule has 0 bridgehead atoms. The van der Waals surface area contributed by atoms with Gasteiger partial charge in [-0.25, -0.2) is 0 Å². The first-order valence-corrected chi connectivity index (χ1v) is 8.55. The first-order valence-electron chi connectivity index (χ1n) is 8.55. The van der Waals surface area contributed by atoms with E-state index in [1.165, 1.54) is 0 Å². The van der Waals surface area contributed by atoms with Gasteiger partial charge in [0.2, 0.25) is 5.91 Å². The summed E-state index contributed by atoms with van der Waals surface area (Å²) in [6, 6.07) is 8.28. The van der Waals surface area contributed by atoms with E-state index >= 15 is 0 Å². The molecule has 1 amide bonds. The summed E-state index contributed by atoms with van der Waals surface area (Å²) in [7, 11) is 0. The molecule has 2 N–H and O–H groups in total. The molecular weight excluding hydrogens is 314 g/mol. The Balaban J connectivity index is 1.35. The Hall–Kier alpha value is -2.89. The van der Waals surface area contributed by atoms with Gasteiger partial charge in [-0.2, -0.15) is 5.10 Å². The van der Waals surface area contributed by atoms with Gasteiger partial charge in [-0.15, -0.1) is 0 Å².